The number of carboxylic acids is 1. The minimum atomic E-state index is -1.35. The third-order valence-corrected chi connectivity index (χ3v) is 4.38. The van der Waals surface area contributed by atoms with Gasteiger partial charge in [-0.05, 0) is 29.8 Å². The highest BCUT2D eigenvalue weighted by Gasteiger charge is 2.25. The number of benzene rings is 2. The maximum atomic E-state index is 13.1. The Balaban J connectivity index is 2.25. The number of rotatable bonds is 6. The lowest BCUT2D eigenvalue weighted by Gasteiger charge is -2.15. The molecule has 1 aromatic heterocycles. The summed E-state index contributed by atoms with van der Waals surface area (Å²) in [6.07, 6.45) is 0. The molecule has 10 heteroatoms. The minimum Gasteiger partial charge on any atom is -0.494 e. The number of carbonyl (C=O) groups is 2. The summed E-state index contributed by atoms with van der Waals surface area (Å²) in [5.41, 5.74) is -1.84. The van der Waals surface area contributed by atoms with Crippen LogP contribution in [0.4, 0.5) is 0 Å². The summed E-state index contributed by atoms with van der Waals surface area (Å²) in [4.78, 5) is 49.3. The van der Waals surface area contributed by atoms with Crippen molar-refractivity contribution in [3.8, 4) is 17.6 Å². The van der Waals surface area contributed by atoms with Gasteiger partial charge in [-0.2, -0.15) is 5.26 Å². The van der Waals surface area contributed by atoms with Gasteiger partial charge in [0.15, 0.2) is 5.56 Å². The Bertz CT molecular complexity index is 1300. The predicted molar refractivity (Wildman–Crippen MR) is 108 cm³/mol. The lowest BCUT2D eigenvalue weighted by molar-refractivity contribution is -0.135. The van der Waals surface area contributed by atoms with E-state index in [-0.39, 0.29) is 12.2 Å². The van der Waals surface area contributed by atoms with Crippen LogP contribution in [0.15, 0.2) is 64.2 Å². The van der Waals surface area contributed by atoms with Gasteiger partial charge in [0.25, 0.3) is 11.5 Å². The van der Waals surface area contributed by atoms with Crippen LogP contribution in [0.25, 0.3) is 5.69 Å². The molecule has 0 aliphatic heterocycles. The molecule has 2 aromatic carbocycles. The van der Waals surface area contributed by atoms with Crippen LogP contribution in [0.3, 0.4) is 0 Å². The average Bonchev–Trinajstić information content (AvgIpc) is 2.76. The first kappa shape index (κ1) is 21.1. The molecule has 3 rings (SSSR count). The van der Waals surface area contributed by atoms with Gasteiger partial charge >= 0.3 is 11.7 Å². The molecule has 1 amide bonds. The summed E-state index contributed by atoms with van der Waals surface area (Å²) >= 11 is 0. The number of hydrogen-bond acceptors (Lipinski definition) is 6. The predicted octanol–water partition coefficient (Wildman–Crippen LogP) is 0.439. The van der Waals surface area contributed by atoms with Crippen LogP contribution in [-0.2, 0) is 11.3 Å². The van der Waals surface area contributed by atoms with Crippen molar-refractivity contribution in [2.75, 3.05) is 6.54 Å². The summed E-state index contributed by atoms with van der Waals surface area (Å²) < 4.78 is 1.52. The number of nitrogens with zero attached hydrogens (tertiary/aromatic N) is 3. The standard InChI is InChI=1S/C21H16N4O6/c22-10-13-6-8-15(9-7-13)25-20(30)17(18(28)23-11-16(26)27)19(29)24(21(25)31)12-14-4-2-1-3-5-14/h1-9,29H,11-12H2,(H,23,28)(H,26,27). The van der Waals surface area contributed by atoms with Crippen molar-refractivity contribution in [1.29, 1.82) is 5.26 Å². The van der Waals surface area contributed by atoms with Crippen molar-refractivity contribution in [2.24, 2.45) is 0 Å². The molecule has 0 saturated carbocycles. The molecule has 3 N–H and O–H groups in total. The molecule has 1 heterocycles. The van der Waals surface area contributed by atoms with Gasteiger partial charge in [-0.1, -0.05) is 30.3 Å². The smallest absolute Gasteiger partial charge is 0.338 e. The van der Waals surface area contributed by atoms with Gasteiger partial charge in [-0.25, -0.2) is 9.36 Å². The highest BCUT2D eigenvalue weighted by atomic mass is 16.4. The minimum absolute atomic E-state index is 0.0723. The van der Waals surface area contributed by atoms with E-state index in [0.717, 1.165) is 4.57 Å². The number of nitrogens with one attached hydrogen (secondary N) is 1. The third kappa shape index (κ3) is 4.35. The summed E-state index contributed by atoms with van der Waals surface area (Å²) in [6, 6.07) is 16.0. The SMILES string of the molecule is N#Cc1ccc(-n2c(=O)c(C(=O)NCC(=O)O)c(O)n(Cc3ccccc3)c2=O)cc1. The van der Waals surface area contributed by atoms with Gasteiger partial charge in [0, 0.05) is 0 Å². The highest BCUT2D eigenvalue weighted by Crippen LogP contribution is 2.15. The van der Waals surface area contributed by atoms with E-state index in [9.17, 15) is 24.3 Å². The lowest BCUT2D eigenvalue weighted by Crippen LogP contribution is -2.44. The van der Waals surface area contributed by atoms with E-state index in [2.05, 4.69) is 0 Å². The number of amides is 1. The Kier molecular flexibility index (Phi) is 5.97. The van der Waals surface area contributed by atoms with E-state index in [4.69, 9.17) is 10.4 Å². The Hall–Kier alpha value is -4.65. The molecule has 156 valence electrons. The summed E-state index contributed by atoms with van der Waals surface area (Å²) in [5, 5.41) is 30.4. The quantitative estimate of drug-likeness (QED) is 0.523. The third-order valence-electron chi connectivity index (χ3n) is 4.38. The first-order valence-electron chi connectivity index (χ1n) is 8.96. The fourth-order valence-corrected chi connectivity index (χ4v) is 2.90. The summed E-state index contributed by atoms with van der Waals surface area (Å²) in [6.45, 7) is -0.937. The second-order valence-corrected chi connectivity index (χ2v) is 6.43. The van der Waals surface area contributed by atoms with Crippen molar-refractivity contribution in [2.45, 2.75) is 6.54 Å². The van der Waals surface area contributed by atoms with E-state index < -0.39 is 41.1 Å². The van der Waals surface area contributed by atoms with Crippen molar-refractivity contribution in [3.63, 3.8) is 0 Å². The largest absolute Gasteiger partial charge is 0.494 e. The zero-order valence-corrected chi connectivity index (χ0v) is 16.0. The molecule has 31 heavy (non-hydrogen) atoms. The highest BCUT2D eigenvalue weighted by molar-refractivity contribution is 5.97. The van der Waals surface area contributed by atoms with Crippen LogP contribution < -0.4 is 16.6 Å². The van der Waals surface area contributed by atoms with E-state index in [1.165, 1.54) is 24.3 Å². The Morgan fingerprint density at radius 2 is 1.68 bits per heavy atom. The van der Waals surface area contributed by atoms with Crippen LogP contribution in [0.1, 0.15) is 21.5 Å². The normalized spacial score (nSPS) is 10.3. The van der Waals surface area contributed by atoms with E-state index in [1.807, 2.05) is 11.4 Å². The molecule has 0 radical (unpaired) electrons. The molecular formula is C21H16N4O6. The number of aromatic hydroxyl groups is 1. The van der Waals surface area contributed by atoms with Crippen LogP contribution in [0.2, 0.25) is 0 Å². The van der Waals surface area contributed by atoms with Gasteiger partial charge in [-0.3, -0.25) is 19.0 Å². The molecule has 0 spiro atoms. The molecule has 0 saturated heterocycles. The topological polar surface area (TPSA) is 154 Å². The number of carboxylic acid groups (broad SMARTS) is 1. The number of carbonyl (C=O) groups excluding carboxylic acids is 1. The molecule has 0 fully saturated rings. The first-order valence-corrected chi connectivity index (χ1v) is 8.96. The van der Waals surface area contributed by atoms with E-state index in [1.54, 1.807) is 30.3 Å². The molecule has 0 unspecified atom stereocenters. The van der Waals surface area contributed by atoms with Crippen molar-refractivity contribution < 1.29 is 19.8 Å². The van der Waals surface area contributed by atoms with Gasteiger partial charge in [-0.15, -0.1) is 0 Å². The monoisotopic (exact) mass is 420 g/mol. The molecule has 10 nitrogen and oxygen atoms in total. The van der Waals surface area contributed by atoms with Crippen LogP contribution in [0.5, 0.6) is 5.88 Å². The second-order valence-electron chi connectivity index (χ2n) is 6.43. The Morgan fingerprint density at radius 3 is 2.26 bits per heavy atom. The summed E-state index contributed by atoms with van der Waals surface area (Å²) in [5.74, 6) is -3.38. The van der Waals surface area contributed by atoms with Crippen molar-refractivity contribution in [3.05, 3.63) is 92.1 Å². The fourth-order valence-electron chi connectivity index (χ4n) is 2.90. The zero-order chi connectivity index (χ0) is 22.5. The average molecular weight is 420 g/mol. The van der Waals surface area contributed by atoms with E-state index in [0.29, 0.717) is 15.7 Å². The first-order chi connectivity index (χ1) is 14.8. The molecule has 0 atom stereocenters. The van der Waals surface area contributed by atoms with Crippen LogP contribution >= 0.6 is 0 Å². The zero-order valence-electron chi connectivity index (χ0n) is 16.0. The molecule has 0 aliphatic rings. The fraction of sp³-hybridized carbons (Fsp3) is 0.0952. The number of aromatic nitrogens is 2. The van der Waals surface area contributed by atoms with Crippen molar-refractivity contribution >= 4 is 11.9 Å². The molecular weight excluding hydrogens is 404 g/mol. The van der Waals surface area contributed by atoms with Crippen LogP contribution in [-0.4, -0.2) is 37.8 Å². The molecule has 0 aliphatic carbocycles. The second kappa shape index (κ2) is 8.79. The van der Waals surface area contributed by atoms with Gasteiger partial charge in [0.2, 0.25) is 5.88 Å². The molecule has 3 aromatic rings. The van der Waals surface area contributed by atoms with E-state index >= 15 is 0 Å². The Morgan fingerprint density at radius 1 is 1.03 bits per heavy atom. The van der Waals surface area contributed by atoms with Gasteiger partial charge < -0.3 is 15.5 Å². The van der Waals surface area contributed by atoms with Gasteiger partial charge in [0.1, 0.15) is 6.54 Å². The number of aliphatic carboxylic acids is 1. The van der Waals surface area contributed by atoms with Gasteiger partial charge in [0.05, 0.1) is 23.9 Å². The maximum Gasteiger partial charge on any atom is 0.338 e. The maximum absolute atomic E-state index is 13.1. The number of nitriles is 1. The lowest BCUT2D eigenvalue weighted by atomic mass is 10.2. The number of hydrogen-bond donors (Lipinski definition) is 3. The summed E-state index contributed by atoms with van der Waals surface area (Å²) in [7, 11) is 0. The van der Waals surface area contributed by atoms with Crippen molar-refractivity contribution in [1.82, 2.24) is 14.5 Å². The molecule has 0 bridgehead atoms. The van der Waals surface area contributed by atoms with Crippen LogP contribution in [0, 0.1) is 11.3 Å². The Labute approximate surface area is 174 Å².